The van der Waals surface area contributed by atoms with Crippen LogP contribution in [0.5, 0.6) is 0 Å². The summed E-state index contributed by atoms with van der Waals surface area (Å²) in [6.45, 7) is 0. The molecular formula is C10H4N2S. The first-order valence-electron chi connectivity index (χ1n) is 3.66. The lowest BCUT2D eigenvalue weighted by atomic mass is 10.0. The van der Waals surface area contributed by atoms with Crippen molar-refractivity contribution < 1.29 is 0 Å². The molecule has 0 N–H and O–H groups in total. The third-order valence-electron chi connectivity index (χ3n) is 1.89. The standard InChI is InChI=1S/C10H4N2S/c11-3-7-1-2-8-5-13-6-10(8)9(7)4-12/h1-2,5-6H. The van der Waals surface area contributed by atoms with Crippen LogP contribution in [0.3, 0.4) is 0 Å². The topological polar surface area (TPSA) is 47.6 Å². The maximum Gasteiger partial charge on any atom is 0.101 e. The maximum absolute atomic E-state index is 8.87. The van der Waals surface area contributed by atoms with E-state index in [1.54, 1.807) is 17.4 Å². The van der Waals surface area contributed by atoms with Gasteiger partial charge in [0.2, 0.25) is 0 Å². The second kappa shape index (κ2) is 2.90. The van der Waals surface area contributed by atoms with Crippen molar-refractivity contribution in [2.75, 3.05) is 0 Å². The predicted octanol–water partition coefficient (Wildman–Crippen LogP) is 2.64. The van der Waals surface area contributed by atoms with Gasteiger partial charge in [0.05, 0.1) is 11.1 Å². The van der Waals surface area contributed by atoms with Gasteiger partial charge in [0.15, 0.2) is 0 Å². The van der Waals surface area contributed by atoms with Crippen LogP contribution >= 0.6 is 11.3 Å². The summed E-state index contributed by atoms with van der Waals surface area (Å²) in [6, 6.07) is 7.62. The molecule has 0 saturated carbocycles. The summed E-state index contributed by atoms with van der Waals surface area (Å²) >= 11 is 1.54. The molecule has 0 radical (unpaired) electrons. The van der Waals surface area contributed by atoms with Crippen molar-refractivity contribution in [3.05, 3.63) is 34.0 Å². The highest BCUT2D eigenvalue weighted by Crippen LogP contribution is 2.24. The summed E-state index contributed by atoms with van der Waals surface area (Å²) in [5, 5.41) is 23.4. The fraction of sp³-hybridized carbons (Fsp3) is 0. The highest BCUT2D eigenvalue weighted by Gasteiger charge is 2.06. The van der Waals surface area contributed by atoms with E-state index < -0.39 is 0 Å². The average molecular weight is 184 g/mol. The van der Waals surface area contributed by atoms with Crippen LogP contribution in [0.4, 0.5) is 0 Å². The molecule has 0 atom stereocenters. The van der Waals surface area contributed by atoms with E-state index in [0.29, 0.717) is 11.1 Å². The molecular weight excluding hydrogens is 180 g/mol. The highest BCUT2D eigenvalue weighted by atomic mass is 32.1. The summed E-state index contributed by atoms with van der Waals surface area (Å²) in [5.41, 5.74) is 0.939. The quantitative estimate of drug-likeness (QED) is 0.631. The lowest BCUT2D eigenvalue weighted by Gasteiger charge is -1.94. The predicted molar refractivity (Wildman–Crippen MR) is 51.3 cm³/mol. The Hall–Kier alpha value is -1.84. The Morgan fingerprint density at radius 3 is 2.62 bits per heavy atom. The van der Waals surface area contributed by atoms with E-state index in [1.807, 2.05) is 22.9 Å². The molecule has 0 bridgehead atoms. The molecule has 2 rings (SSSR count). The van der Waals surface area contributed by atoms with Gasteiger partial charge in [-0.25, -0.2) is 0 Å². The first kappa shape index (κ1) is 7.79. The number of hydrogen-bond donors (Lipinski definition) is 0. The van der Waals surface area contributed by atoms with E-state index in [0.717, 1.165) is 10.8 Å². The molecule has 1 heterocycles. The average Bonchev–Trinajstić information content (AvgIpc) is 2.63. The Labute approximate surface area is 79.3 Å². The molecule has 0 saturated heterocycles. The summed E-state index contributed by atoms with van der Waals surface area (Å²) in [5.74, 6) is 0. The summed E-state index contributed by atoms with van der Waals surface area (Å²) in [7, 11) is 0. The normalized spacial score (nSPS) is 9.38. The molecule has 2 nitrogen and oxygen atoms in total. The smallest absolute Gasteiger partial charge is 0.101 e. The highest BCUT2D eigenvalue weighted by molar-refractivity contribution is 7.09. The summed E-state index contributed by atoms with van der Waals surface area (Å²) < 4.78 is 0. The fourth-order valence-electron chi connectivity index (χ4n) is 1.25. The van der Waals surface area contributed by atoms with E-state index in [9.17, 15) is 0 Å². The minimum Gasteiger partial charge on any atom is -0.192 e. The molecule has 1 aromatic heterocycles. The van der Waals surface area contributed by atoms with Crippen LogP contribution in [0, 0.1) is 22.7 Å². The Morgan fingerprint density at radius 1 is 1.08 bits per heavy atom. The lowest BCUT2D eigenvalue weighted by molar-refractivity contribution is 1.45. The second-order valence-corrected chi connectivity index (χ2v) is 3.33. The zero-order chi connectivity index (χ0) is 9.26. The maximum atomic E-state index is 8.87. The molecule has 13 heavy (non-hydrogen) atoms. The number of rotatable bonds is 0. The molecule has 0 aliphatic rings. The Bertz CT molecular complexity index is 540. The minimum absolute atomic E-state index is 0.452. The molecule has 0 spiro atoms. The minimum atomic E-state index is 0.452. The zero-order valence-corrected chi connectivity index (χ0v) is 7.43. The van der Waals surface area contributed by atoms with Crippen LogP contribution < -0.4 is 0 Å². The Morgan fingerprint density at radius 2 is 1.92 bits per heavy atom. The van der Waals surface area contributed by atoms with E-state index in [2.05, 4.69) is 6.07 Å². The van der Waals surface area contributed by atoms with Crippen LogP contribution in [-0.2, 0) is 0 Å². The number of fused-ring (bicyclic) bond motifs is 1. The lowest BCUT2D eigenvalue weighted by Crippen LogP contribution is -1.82. The van der Waals surface area contributed by atoms with E-state index >= 15 is 0 Å². The molecule has 0 amide bonds. The zero-order valence-electron chi connectivity index (χ0n) is 6.61. The fourth-order valence-corrected chi connectivity index (χ4v) is 2.06. The van der Waals surface area contributed by atoms with Crippen molar-refractivity contribution >= 4 is 22.1 Å². The van der Waals surface area contributed by atoms with E-state index in [-0.39, 0.29) is 0 Å². The van der Waals surface area contributed by atoms with Gasteiger partial charge in [-0.1, -0.05) is 6.07 Å². The van der Waals surface area contributed by atoms with Crippen LogP contribution in [0.15, 0.2) is 22.9 Å². The molecule has 0 aliphatic heterocycles. The van der Waals surface area contributed by atoms with Crippen molar-refractivity contribution in [1.29, 1.82) is 10.5 Å². The third-order valence-corrected chi connectivity index (χ3v) is 2.65. The van der Waals surface area contributed by atoms with Crippen LogP contribution in [0.2, 0.25) is 0 Å². The van der Waals surface area contributed by atoms with Crippen molar-refractivity contribution in [1.82, 2.24) is 0 Å². The largest absolute Gasteiger partial charge is 0.192 e. The summed E-state index contributed by atoms with van der Waals surface area (Å²) in [6.07, 6.45) is 0. The first-order chi connectivity index (χ1) is 6.36. The first-order valence-corrected chi connectivity index (χ1v) is 4.60. The van der Waals surface area contributed by atoms with Crippen molar-refractivity contribution in [2.24, 2.45) is 0 Å². The number of nitriles is 2. The van der Waals surface area contributed by atoms with Gasteiger partial charge in [-0.2, -0.15) is 21.9 Å². The van der Waals surface area contributed by atoms with Gasteiger partial charge < -0.3 is 0 Å². The van der Waals surface area contributed by atoms with Gasteiger partial charge in [0.1, 0.15) is 12.1 Å². The second-order valence-electron chi connectivity index (χ2n) is 2.59. The number of thiophene rings is 1. The van der Waals surface area contributed by atoms with Crippen molar-refractivity contribution in [3.8, 4) is 12.1 Å². The molecule has 2 aromatic rings. The van der Waals surface area contributed by atoms with Gasteiger partial charge in [-0.05, 0) is 22.2 Å². The molecule has 60 valence electrons. The number of benzene rings is 1. The van der Waals surface area contributed by atoms with Crippen LogP contribution in [0.25, 0.3) is 10.8 Å². The molecule has 1 aromatic carbocycles. The van der Waals surface area contributed by atoms with Crippen LogP contribution in [-0.4, -0.2) is 0 Å². The number of hydrogen-bond acceptors (Lipinski definition) is 3. The Kier molecular flexibility index (Phi) is 1.73. The molecule has 0 fully saturated rings. The molecule has 0 unspecified atom stereocenters. The SMILES string of the molecule is N#Cc1ccc2cscc2c1C#N. The van der Waals surface area contributed by atoms with Gasteiger partial charge in [0.25, 0.3) is 0 Å². The van der Waals surface area contributed by atoms with Gasteiger partial charge in [0, 0.05) is 5.39 Å². The van der Waals surface area contributed by atoms with Gasteiger partial charge >= 0.3 is 0 Å². The van der Waals surface area contributed by atoms with Crippen molar-refractivity contribution in [3.63, 3.8) is 0 Å². The summed E-state index contributed by atoms with van der Waals surface area (Å²) in [4.78, 5) is 0. The van der Waals surface area contributed by atoms with Gasteiger partial charge in [-0.3, -0.25) is 0 Å². The Balaban J connectivity index is 2.94. The van der Waals surface area contributed by atoms with Gasteiger partial charge in [-0.15, -0.1) is 0 Å². The third kappa shape index (κ3) is 1.07. The van der Waals surface area contributed by atoms with E-state index in [4.69, 9.17) is 10.5 Å². The van der Waals surface area contributed by atoms with Crippen LogP contribution in [0.1, 0.15) is 11.1 Å². The molecule has 3 heteroatoms. The monoisotopic (exact) mass is 184 g/mol. The van der Waals surface area contributed by atoms with Crippen molar-refractivity contribution in [2.45, 2.75) is 0 Å². The van der Waals surface area contributed by atoms with E-state index in [1.165, 1.54) is 0 Å². The molecule has 0 aliphatic carbocycles. The number of nitrogens with zero attached hydrogens (tertiary/aromatic N) is 2.